The number of hydrogen-bond acceptors (Lipinski definition) is 30. The molecule has 0 radical (unpaired) electrons. The van der Waals surface area contributed by atoms with E-state index in [0.717, 1.165) is 57.1 Å². The Morgan fingerprint density at radius 1 is 0.787 bits per heavy atom. The molecule has 5 aliphatic rings. The molecule has 0 saturated carbocycles. The summed E-state index contributed by atoms with van der Waals surface area (Å²) in [6, 6.07) is -11.5. The van der Waals surface area contributed by atoms with Gasteiger partial charge in [-0.15, -0.1) is 57.1 Å². The van der Waals surface area contributed by atoms with Gasteiger partial charge in [-0.25, -0.2) is 29.7 Å². The topological polar surface area (TPSA) is 516 Å². The van der Waals surface area contributed by atoms with Gasteiger partial charge in [0.05, 0.1) is 71.0 Å². The van der Waals surface area contributed by atoms with Crippen LogP contribution >= 0.6 is 69.3 Å². The number of amides is 9. The van der Waals surface area contributed by atoms with E-state index in [1.807, 2.05) is 0 Å². The van der Waals surface area contributed by atoms with E-state index in [9.17, 15) is 63.9 Å². The van der Waals surface area contributed by atoms with Crippen LogP contribution in [0.15, 0.2) is 75.0 Å². The number of aliphatic hydroxyl groups is 5. The van der Waals surface area contributed by atoms with Crippen LogP contribution in [-0.2, 0) is 43.8 Å². The Labute approximate surface area is 644 Å². The van der Waals surface area contributed by atoms with Crippen molar-refractivity contribution in [3.63, 3.8) is 0 Å². The summed E-state index contributed by atoms with van der Waals surface area (Å²) in [6.45, 7) is 21.8. The lowest BCUT2D eigenvalue weighted by atomic mass is 9.78. The van der Waals surface area contributed by atoms with E-state index in [1.165, 1.54) is 76.7 Å². The Morgan fingerprint density at radius 2 is 1.48 bits per heavy atom. The molecule has 18 N–H and O–H groups in total. The smallest absolute Gasteiger partial charge is 0.357 e. The van der Waals surface area contributed by atoms with Gasteiger partial charge in [-0.05, 0) is 85.8 Å². The van der Waals surface area contributed by atoms with Crippen molar-refractivity contribution in [2.75, 3.05) is 5.75 Å². The predicted molar refractivity (Wildman–Crippen MR) is 403 cm³/mol. The van der Waals surface area contributed by atoms with Crippen LogP contribution < -0.4 is 64.2 Å². The Balaban J connectivity index is 1.17. The van der Waals surface area contributed by atoms with E-state index in [1.54, 1.807) is 38.3 Å². The zero-order chi connectivity index (χ0) is 78.9. The molecule has 0 spiro atoms. The van der Waals surface area contributed by atoms with Gasteiger partial charge in [-0.1, -0.05) is 57.5 Å². The number of nitrogens with zero attached hydrogens (tertiary/aromatic N) is 6. The van der Waals surface area contributed by atoms with Gasteiger partial charge in [0.2, 0.25) is 29.5 Å². The SMILES string of the molecule is C=C(NC(=O)c1csc(C2CCC34NC(=O)C(C)NC(=O)C(=C)NC(=O)C(C)NC(=O)C(C(C)C)NC5C=Cc6c(C(C)O)cc(nc6C5O)C(=O)OC(C)C(NC(=S)c5csc(n5)C(C(C)(O)C(C)O)NC(=O)C5CSC(=N5)/C(=C\C)NC(=O)C(C(C)O)NC(=O)c5csc3n5)c3nc(cs3)C4N2)n1)C(N)=O. The third kappa shape index (κ3) is 17.5. The Morgan fingerprint density at radius 3 is 2.16 bits per heavy atom. The number of esters is 1. The molecule has 9 amide bonds. The van der Waals surface area contributed by atoms with E-state index >= 15 is 9.59 Å². The van der Waals surface area contributed by atoms with Crippen LogP contribution in [-0.4, -0.2) is 186 Å². The third-order valence-corrected chi connectivity index (χ3v) is 23.9. The van der Waals surface area contributed by atoms with Crippen LogP contribution in [0.4, 0.5) is 0 Å². The van der Waals surface area contributed by atoms with Crippen molar-refractivity contribution in [2.45, 2.75) is 184 Å². The van der Waals surface area contributed by atoms with Crippen molar-refractivity contribution >= 4 is 145 Å². The zero-order valence-electron chi connectivity index (χ0n) is 59.8. The summed E-state index contributed by atoms with van der Waals surface area (Å²) >= 11 is 11.1. The molecule has 576 valence electrons. The first-order chi connectivity index (χ1) is 50.9. The first-order valence-electron chi connectivity index (χ1n) is 34.0. The van der Waals surface area contributed by atoms with Gasteiger partial charge < -0.3 is 83.9 Å². The third-order valence-electron chi connectivity index (χ3n) is 18.7. The molecular weight excluding hydrogens is 1520 g/mol. The molecule has 34 nitrogen and oxygen atoms in total. The fourth-order valence-corrected chi connectivity index (χ4v) is 17.4. The van der Waals surface area contributed by atoms with E-state index in [-0.39, 0.29) is 94.6 Å². The molecule has 4 aliphatic heterocycles. The molecule has 13 bridgehead atoms. The number of carbonyl (C=O) groups is 10. The number of carbonyl (C=O) groups excluding carboxylic acids is 10. The lowest BCUT2D eigenvalue weighted by Crippen LogP contribution is -2.61. The average molecular weight is 1600 g/mol. The Kier molecular flexibility index (Phi) is 25.2. The second kappa shape index (κ2) is 33.4. The number of hydrogen-bond donors (Lipinski definition) is 17. The summed E-state index contributed by atoms with van der Waals surface area (Å²) in [4.78, 5) is 170. The molecule has 5 aromatic rings. The van der Waals surface area contributed by atoms with Crippen molar-refractivity contribution in [1.82, 2.24) is 83.4 Å². The quantitative estimate of drug-likeness (QED) is 0.0559. The Hall–Kier alpha value is -9.04. The lowest BCUT2D eigenvalue weighted by molar-refractivity contribution is -0.131. The van der Waals surface area contributed by atoms with E-state index in [4.69, 9.17) is 37.6 Å². The van der Waals surface area contributed by atoms with Gasteiger partial charge in [0.25, 0.3) is 23.6 Å². The number of thiazole rings is 4. The minimum atomic E-state index is -2.12. The van der Waals surface area contributed by atoms with Crippen LogP contribution in [0.5, 0.6) is 0 Å². The van der Waals surface area contributed by atoms with Crippen LogP contribution in [0.25, 0.3) is 6.08 Å². The highest BCUT2D eigenvalue weighted by Crippen LogP contribution is 2.48. The van der Waals surface area contributed by atoms with Crippen molar-refractivity contribution in [3.05, 3.63) is 135 Å². The molecule has 10 rings (SSSR count). The molecule has 1 saturated heterocycles. The van der Waals surface area contributed by atoms with Crippen LogP contribution in [0.1, 0.15) is 198 Å². The zero-order valence-corrected chi connectivity index (χ0v) is 64.7. The maximum absolute atomic E-state index is 15.3. The fraction of sp³-hybridized carbons (Fsp3) is 0.456. The summed E-state index contributed by atoms with van der Waals surface area (Å²) in [5.74, 6) is -9.52. The lowest BCUT2D eigenvalue weighted by Gasteiger charge is -2.46. The molecule has 1 fully saturated rings. The molecular formula is C68H82N18O16S6. The molecule has 17 atom stereocenters. The van der Waals surface area contributed by atoms with Gasteiger partial charge in [-0.2, -0.15) is 0 Å². The summed E-state index contributed by atoms with van der Waals surface area (Å²) < 4.78 is 6.35. The summed E-state index contributed by atoms with van der Waals surface area (Å²) in [7, 11) is 0. The summed E-state index contributed by atoms with van der Waals surface area (Å²) in [5, 5.41) is 95.5. The maximum Gasteiger partial charge on any atom is 0.357 e. The number of thiocarbonyl (C=S) groups is 1. The number of rotatable bonds is 9. The van der Waals surface area contributed by atoms with Gasteiger partial charge in [-0.3, -0.25) is 58.8 Å². The molecule has 9 heterocycles. The van der Waals surface area contributed by atoms with Crippen LogP contribution in [0.3, 0.4) is 0 Å². The van der Waals surface area contributed by atoms with Gasteiger partial charge in [0.15, 0.2) is 0 Å². The minimum Gasteiger partial charge on any atom is -0.455 e. The van der Waals surface area contributed by atoms with Gasteiger partial charge >= 0.3 is 5.97 Å². The molecule has 40 heteroatoms. The maximum atomic E-state index is 15.3. The Bertz CT molecular complexity index is 4540. The van der Waals surface area contributed by atoms with Crippen molar-refractivity contribution < 1.29 is 78.2 Å². The monoisotopic (exact) mass is 1600 g/mol. The van der Waals surface area contributed by atoms with Crippen molar-refractivity contribution in [1.29, 1.82) is 0 Å². The number of nitrogens with one attached hydrogen (secondary N) is 11. The number of allylic oxidation sites excluding steroid dienone is 1. The molecule has 17 unspecified atom stereocenters. The standard InChI is InChI=1S/C68H82N18O16S6/c1-13-35-61-79-41(21-104-61)57(97)85-50(67(12,101)32(11)89)64-81-43(23-107-64)60(103)84-46-31(10)102-65(100)38-18-34(29(8)87)33-14-15-36(48(90)47(33)75-38)74-44(24(2)3)58(98)73-27(6)53(93)71-26(5)52(92)72-28(7)54(94)86-68(66-82-42(22-108-66)56(96)83-45(30(9)88)59(99)77-35)17-16-37(76-49(68)39-19-106-63(46)78-39)62-80-40(20-105-62)55(95)70-25(4)51(69)91/h13-15,18-20,22-24,27-32,36-37,41,44-46,48-50,74,76,87-90,101H,4-5,16-17,21H2,1-3,6-12H3,(H2,69,91)(H,70,95)(H,71,93)(H,72,92)(H,73,98)(H,77,99)(H,83,96)(H,84,103)(H,85,97)(H,86,94)/b35-13+. The number of nitrogens with two attached hydrogens (primary N) is 1. The molecule has 5 aromatic heterocycles. The first-order valence-corrected chi connectivity index (χ1v) is 38.9. The average Bonchev–Trinajstić information content (AvgIpc) is 1.50. The number of aliphatic hydroxyl groups excluding tert-OH is 4. The number of pyridine rings is 1. The number of thioether (sulfide) groups is 1. The predicted octanol–water partition coefficient (Wildman–Crippen LogP) is 1.13. The summed E-state index contributed by atoms with van der Waals surface area (Å²) in [6.07, 6.45) is -2.78. The number of piperidine rings is 1. The van der Waals surface area contributed by atoms with Gasteiger partial charge in [0, 0.05) is 32.8 Å². The fourth-order valence-electron chi connectivity index (χ4n) is 12.2. The summed E-state index contributed by atoms with van der Waals surface area (Å²) in [5.41, 5.74) is 0.162. The van der Waals surface area contributed by atoms with Crippen LogP contribution in [0, 0.1) is 5.92 Å². The highest BCUT2D eigenvalue weighted by atomic mass is 32.2. The second-order valence-corrected chi connectivity index (χ2v) is 31.9. The number of fused-ring (bicyclic) bond motifs is 7. The van der Waals surface area contributed by atoms with Crippen molar-refractivity contribution in [3.8, 4) is 0 Å². The number of aliphatic imine (C=N–C) groups is 1. The van der Waals surface area contributed by atoms with E-state index in [0.29, 0.717) is 5.01 Å². The van der Waals surface area contributed by atoms with Gasteiger partial charge in [0.1, 0.15) is 112 Å². The molecule has 1 aliphatic carbocycles. The van der Waals surface area contributed by atoms with E-state index in [2.05, 4.69) is 86.6 Å². The molecule has 108 heavy (non-hydrogen) atoms. The number of ether oxygens (including phenoxy) is 1. The van der Waals surface area contributed by atoms with Crippen molar-refractivity contribution in [2.24, 2.45) is 16.6 Å². The highest BCUT2D eigenvalue weighted by molar-refractivity contribution is 8.14. The molecule has 0 aromatic carbocycles. The van der Waals surface area contributed by atoms with E-state index < -0.39 is 179 Å². The highest BCUT2D eigenvalue weighted by Gasteiger charge is 2.52. The minimum absolute atomic E-state index is 0.0118. The second-order valence-electron chi connectivity index (χ2n) is 27.0. The number of cyclic esters (lactones) is 1. The number of primary amides is 1. The first kappa shape index (κ1) is 81.5. The normalized spacial score (nSPS) is 28.3. The van der Waals surface area contributed by atoms with Crippen LogP contribution in [0.2, 0.25) is 0 Å². The largest absolute Gasteiger partial charge is 0.455 e. The number of aromatic nitrogens is 5.